The fraction of sp³-hybridized carbons (Fsp3) is 0.133. The smallest absolute Gasteiger partial charge is 0.269 e. The molecule has 28 heavy (non-hydrogen) atoms. The number of aromatic nitrogens is 5. The minimum absolute atomic E-state index is 0.0154. The van der Waals surface area contributed by atoms with Gasteiger partial charge in [-0.1, -0.05) is 11.6 Å². The van der Waals surface area contributed by atoms with E-state index in [4.69, 9.17) is 16.3 Å². The number of halogens is 1. The van der Waals surface area contributed by atoms with Crippen LogP contribution < -0.4 is 14.8 Å². The highest BCUT2D eigenvalue weighted by atomic mass is 35.5. The molecule has 0 aliphatic rings. The van der Waals surface area contributed by atoms with Gasteiger partial charge in [-0.2, -0.15) is 10.1 Å². The van der Waals surface area contributed by atoms with Gasteiger partial charge in [0.05, 0.1) is 12.4 Å². The number of pyridine rings is 1. The fourth-order valence-electron chi connectivity index (χ4n) is 2.04. The van der Waals surface area contributed by atoms with E-state index in [9.17, 15) is 13.2 Å². The molecule has 0 unspecified atom stereocenters. The van der Waals surface area contributed by atoms with Crippen molar-refractivity contribution in [1.29, 1.82) is 0 Å². The minimum atomic E-state index is -3.95. The van der Waals surface area contributed by atoms with Gasteiger partial charge < -0.3 is 10.1 Å². The van der Waals surface area contributed by atoms with E-state index in [0.29, 0.717) is 0 Å². The molecule has 0 aromatic carbocycles. The summed E-state index contributed by atoms with van der Waals surface area (Å²) in [6.07, 6.45) is 3.83. The Morgan fingerprint density at radius 3 is 2.64 bits per heavy atom. The van der Waals surface area contributed by atoms with Gasteiger partial charge in [0.1, 0.15) is 21.5 Å². The van der Waals surface area contributed by atoms with Gasteiger partial charge >= 0.3 is 0 Å². The van der Waals surface area contributed by atoms with E-state index in [1.807, 2.05) is 0 Å². The van der Waals surface area contributed by atoms with Crippen molar-refractivity contribution < 1.29 is 17.9 Å². The lowest BCUT2D eigenvalue weighted by Crippen LogP contribution is -2.18. The Hall–Kier alpha value is -3.25. The van der Waals surface area contributed by atoms with Crippen molar-refractivity contribution in [3.8, 4) is 11.6 Å². The van der Waals surface area contributed by atoms with Crippen molar-refractivity contribution in [2.24, 2.45) is 7.05 Å². The topological polar surface area (TPSA) is 141 Å². The molecule has 2 N–H and O–H groups in total. The molecule has 0 bridgehead atoms. The van der Waals surface area contributed by atoms with Crippen LogP contribution in [-0.2, 0) is 17.1 Å². The molecule has 3 heterocycles. The third-order valence-electron chi connectivity index (χ3n) is 3.31. The van der Waals surface area contributed by atoms with Crippen LogP contribution in [-0.4, -0.2) is 46.1 Å². The van der Waals surface area contributed by atoms with Crippen molar-refractivity contribution in [2.75, 3.05) is 11.8 Å². The van der Waals surface area contributed by atoms with Crippen molar-refractivity contribution >= 4 is 33.5 Å². The van der Waals surface area contributed by atoms with Crippen molar-refractivity contribution in [3.63, 3.8) is 0 Å². The van der Waals surface area contributed by atoms with Crippen LogP contribution in [0.25, 0.3) is 0 Å². The largest absolute Gasteiger partial charge is 0.437 e. The van der Waals surface area contributed by atoms with Crippen LogP contribution in [0.5, 0.6) is 11.6 Å². The molecular formula is C15H14ClN7O4S. The maximum Gasteiger partial charge on any atom is 0.269 e. The maximum absolute atomic E-state index is 12.3. The summed E-state index contributed by atoms with van der Waals surface area (Å²) in [5.41, 5.74) is 0.209. The molecule has 0 saturated heterocycles. The highest BCUT2D eigenvalue weighted by Gasteiger charge is 2.19. The zero-order valence-electron chi connectivity index (χ0n) is 14.6. The lowest BCUT2D eigenvalue weighted by atomic mass is 10.3. The third-order valence-corrected chi connectivity index (χ3v) is 4.78. The molecule has 3 aromatic rings. The molecule has 146 valence electrons. The first kappa shape index (κ1) is 19.5. The average Bonchev–Trinajstić information content (AvgIpc) is 3.08. The molecule has 0 fully saturated rings. The van der Waals surface area contributed by atoms with E-state index in [-0.39, 0.29) is 39.2 Å². The number of hydrogen-bond acceptors (Lipinski definition) is 8. The molecule has 0 atom stereocenters. The maximum atomic E-state index is 12.3. The van der Waals surface area contributed by atoms with E-state index in [1.54, 1.807) is 7.05 Å². The second kappa shape index (κ2) is 7.78. The summed E-state index contributed by atoms with van der Waals surface area (Å²) in [6, 6.07) is 4.27. The number of nitrogens with one attached hydrogen (secondary N) is 2. The lowest BCUT2D eigenvalue weighted by Gasteiger charge is -2.08. The zero-order chi connectivity index (χ0) is 20.3. The number of carbonyl (C=O) groups is 1. The van der Waals surface area contributed by atoms with Gasteiger partial charge in [-0.05, 0) is 12.1 Å². The highest BCUT2D eigenvalue weighted by Crippen LogP contribution is 2.23. The Bertz CT molecular complexity index is 1120. The number of ether oxygens (including phenoxy) is 1. The second-order valence-corrected chi connectivity index (χ2v) is 7.44. The van der Waals surface area contributed by atoms with Gasteiger partial charge in [-0.25, -0.2) is 23.1 Å². The number of hydrogen-bond donors (Lipinski definition) is 2. The summed E-state index contributed by atoms with van der Waals surface area (Å²) < 4.78 is 33.8. The summed E-state index contributed by atoms with van der Waals surface area (Å²) >= 11 is 5.93. The summed E-state index contributed by atoms with van der Waals surface area (Å²) in [4.78, 5) is 23.2. The minimum Gasteiger partial charge on any atom is -0.437 e. The summed E-state index contributed by atoms with van der Waals surface area (Å²) in [7, 11) is -0.867. The molecule has 3 rings (SSSR count). The number of anilines is 1. The van der Waals surface area contributed by atoms with Crippen LogP contribution in [0.2, 0.25) is 5.15 Å². The molecule has 0 aliphatic heterocycles. The molecule has 0 spiro atoms. The van der Waals surface area contributed by atoms with Gasteiger partial charge in [0, 0.05) is 26.4 Å². The predicted octanol–water partition coefficient (Wildman–Crippen LogP) is 1.21. The first-order valence-corrected chi connectivity index (χ1v) is 9.55. The predicted molar refractivity (Wildman–Crippen MR) is 98.8 cm³/mol. The van der Waals surface area contributed by atoms with E-state index in [0.717, 1.165) is 0 Å². The molecule has 1 amide bonds. The number of sulfonamides is 1. The van der Waals surface area contributed by atoms with E-state index in [1.165, 1.54) is 48.5 Å². The Balaban J connectivity index is 1.81. The van der Waals surface area contributed by atoms with E-state index >= 15 is 0 Å². The van der Waals surface area contributed by atoms with Crippen LogP contribution in [0.3, 0.4) is 0 Å². The summed E-state index contributed by atoms with van der Waals surface area (Å²) in [6.45, 7) is 0. The van der Waals surface area contributed by atoms with Gasteiger partial charge in [-0.3, -0.25) is 9.48 Å². The first-order valence-electron chi connectivity index (χ1n) is 7.69. The van der Waals surface area contributed by atoms with Gasteiger partial charge in [0.25, 0.3) is 15.9 Å². The standard InChI is InChI=1S/C15H14ClN7O4S/c1-17-14(24)11-4-3-9(6-18-11)27-13-5-12(16)20-15(21-13)22-28(25,26)10-7-19-23(2)8-10/h3-8H,1-2H3,(H,17,24)(H,20,21,22). The Kier molecular flexibility index (Phi) is 5.42. The van der Waals surface area contributed by atoms with Crippen molar-refractivity contribution in [2.45, 2.75) is 4.90 Å². The van der Waals surface area contributed by atoms with E-state index < -0.39 is 10.0 Å². The molecule has 11 nitrogen and oxygen atoms in total. The number of rotatable bonds is 6. The van der Waals surface area contributed by atoms with Crippen molar-refractivity contribution in [1.82, 2.24) is 30.0 Å². The number of amides is 1. The second-order valence-electron chi connectivity index (χ2n) is 5.37. The Morgan fingerprint density at radius 2 is 2.04 bits per heavy atom. The molecule has 13 heteroatoms. The zero-order valence-corrected chi connectivity index (χ0v) is 16.2. The molecule has 3 aromatic heterocycles. The van der Waals surface area contributed by atoms with Crippen LogP contribution in [0.15, 0.2) is 41.7 Å². The normalized spacial score (nSPS) is 11.1. The monoisotopic (exact) mass is 423 g/mol. The molecule has 0 aliphatic carbocycles. The first-order chi connectivity index (χ1) is 13.3. The average molecular weight is 424 g/mol. The lowest BCUT2D eigenvalue weighted by molar-refractivity contribution is 0.0958. The van der Waals surface area contributed by atoms with Gasteiger partial charge in [0.15, 0.2) is 0 Å². The SMILES string of the molecule is CNC(=O)c1ccc(Oc2cc(Cl)nc(NS(=O)(=O)c3cnn(C)c3)n2)cn1. The highest BCUT2D eigenvalue weighted by molar-refractivity contribution is 7.92. The van der Waals surface area contributed by atoms with Crippen LogP contribution >= 0.6 is 11.6 Å². The third kappa shape index (κ3) is 4.53. The van der Waals surface area contributed by atoms with Crippen LogP contribution in [0.4, 0.5) is 5.95 Å². The molecule has 0 radical (unpaired) electrons. The van der Waals surface area contributed by atoms with Crippen LogP contribution in [0, 0.1) is 0 Å². The van der Waals surface area contributed by atoms with Crippen molar-refractivity contribution in [3.05, 3.63) is 47.6 Å². The number of carbonyl (C=O) groups excluding carboxylic acids is 1. The Morgan fingerprint density at radius 1 is 1.25 bits per heavy atom. The van der Waals surface area contributed by atoms with Gasteiger partial charge in [0.2, 0.25) is 11.8 Å². The number of nitrogens with zero attached hydrogens (tertiary/aromatic N) is 5. The van der Waals surface area contributed by atoms with E-state index in [2.05, 4.69) is 30.1 Å². The summed E-state index contributed by atoms with van der Waals surface area (Å²) in [5.74, 6) is -0.369. The molecular weight excluding hydrogens is 410 g/mol. The van der Waals surface area contributed by atoms with Gasteiger partial charge in [-0.15, -0.1) is 0 Å². The molecule has 0 saturated carbocycles. The quantitative estimate of drug-likeness (QED) is 0.563. The fourth-order valence-corrected chi connectivity index (χ4v) is 3.14. The number of aryl methyl sites for hydroxylation is 1. The van der Waals surface area contributed by atoms with Crippen LogP contribution in [0.1, 0.15) is 10.5 Å². The summed E-state index contributed by atoms with van der Waals surface area (Å²) in [5, 5.41) is 6.22. The Labute approximate surface area is 164 Å².